The molecule has 0 N–H and O–H groups in total. The Balaban J connectivity index is 2.23. The lowest BCUT2D eigenvalue weighted by atomic mass is 10.2. The molecule has 0 unspecified atom stereocenters. The van der Waals surface area contributed by atoms with Crippen molar-refractivity contribution in [1.29, 1.82) is 5.26 Å². The fraction of sp³-hybridized carbons (Fsp3) is 0. The molecule has 2 aromatic rings. The zero-order chi connectivity index (χ0) is 12.3. The number of benzene rings is 2. The fourth-order valence-electron chi connectivity index (χ4n) is 1.28. The van der Waals surface area contributed by atoms with E-state index in [1.54, 1.807) is 24.3 Å². The zero-order valence-electron chi connectivity index (χ0n) is 8.65. The van der Waals surface area contributed by atoms with Gasteiger partial charge in [-0.1, -0.05) is 15.9 Å². The van der Waals surface area contributed by atoms with Crippen LogP contribution in [0.5, 0.6) is 11.5 Å². The van der Waals surface area contributed by atoms with E-state index in [1.807, 2.05) is 18.2 Å². The van der Waals surface area contributed by atoms with E-state index in [0.717, 1.165) is 14.7 Å². The first kappa shape index (κ1) is 12.2. The molecule has 0 aliphatic heterocycles. The van der Waals surface area contributed by atoms with E-state index in [9.17, 15) is 0 Å². The lowest BCUT2D eigenvalue weighted by Gasteiger charge is -2.07. The summed E-state index contributed by atoms with van der Waals surface area (Å²) in [5, 5.41) is 8.69. The van der Waals surface area contributed by atoms with Gasteiger partial charge in [0.2, 0.25) is 0 Å². The molecule has 0 bridgehead atoms. The average Bonchev–Trinajstić information content (AvgIpc) is 2.34. The third-order valence-electron chi connectivity index (χ3n) is 2.11. The van der Waals surface area contributed by atoms with E-state index in [2.05, 4.69) is 37.9 Å². The van der Waals surface area contributed by atoms with Gasteiger partial charge >= 0.3 is 0 Å². The molecule has 0 aliphatic rings. The summed E-state index contributed by atoms with van der Waals surface area (Å²) >= 11 is 6.80. The van der Waals surface area contributed by atoms with Crippen molar-refractivity contribution in [2.45, 2.75) is 0 Å². The van der Waals surface area contributed by atoms with Crippen LogP contribution in [0.4, 0.5) is 0 Å². The number of ether oxygens (including phenoxy) is 1. The van der Waals surface area contributed by atoms with Gasteiger partial charge in [-0.15, -0.1) is 0 Å². The van der Waals surface area contributed by atoms with Crippen LogP contribution in [0.15, 0.2) is 51.4 Å². The number of rotatable bonds is 2. The minimum absolute atomic E-state index is 0.618. The molecular formula is C13H7Br2NO. The van der Waals surface area contributed by atoms with E-state index in [-0.39, 0.29) is 0 Å². The van der Waals surface area contributed by atoms with Crippen LogP contribution in [0.1, 0.15) is 5.56 Å². The van der Waals surface area contributed by atoms with Crippen molar-refractivity contribution < 1.29 is 4.74 Å². The highest BCUT2D eigenvalue weighted by molar-refractivity contribution is 9.11. The Hall–Kier alpha value is -1.31. The van der Waals surface area contributed by atoms with Gasteiger partial charge in [-0.05, 0) is 58.4 Å². The van der Waals surface area contributed by atoms with Crippen LogP contribution in [0, 0.1) is 11.3 Å². The number of halogens is 2. The average molecular weight is 353 g/mol. The van der Waals surface area contributed by atoms with Crippen molar-refractivity contribution in [1.82, 2.24) is 0 Å². The predicted octanol–water partition coefficient (Wildman–Crippen LogP) is 4.88. The van der Waals surface area contributed by atoms with Gasteiger partial charge in [0.1, 0.15) is 11.5 Å². The second-order valence-electron chi connectivity index (χ2n) is 3.31. The summed E-state index contributed by atoms with van der Waals surface area (Å²) in [6.07, 6.45) is 0. The van der Waals surface area contributed by atoms with E-state index in [4.69, 9.17) is 10.00 Å². The first-order valence-electron chi connectivity index (χ1n) is 4.82. The molecule has 0 saturated carbocycles. The predicted molar refractivity (Wildman–Crippen MR) is 73.1 cm³/mol. The van der Waals surface area contributed by atoms with E-state index >= 15 is 0 Å². The summed E-state index contributed by atoms with van der Waals surface area (Å²) in [5.74, 6) is 1.44. The SMILES string of the molecule is N#Cc1ccc(Oc2ccc(Br)cc2Br)cc1. The maximum absolute atomic E-state index is 8.69. The topological polar surface area (TPSA) is 33.0 Å². The molecule has 17 heavy (non-hydrogen) atoms. The Bertz CT molecular complexity index is 573. The van der Waals surface area contributed by atoms with E-state index in [0.29, 0.717) is 11.3 Å². The summed E-state index contributed by atoms with van der Waals surface area (Å²) in [5.41, 5.74) is 0.618. The lowest BCUT2D eigenvalue weighted by molar-refractivity contribution is 0.479. The molecule has 0 fully saturated rings. The molecule has 0 atom stereocenters. The van der Waals surface area contributed by atoms with Gasteiger partial charge in [0.05, 0.1) is 16.1 Å². The fourth-order valence-corrected chi connectivity index (χ4v) is 2.41. The van der Waals surface area contributed by atoms with Gasteiger partial charge < -0.3 is 4.74 Å². The van der Waals surface area contributed by atoms with Crippen molar-refractivity contribution in [3.05, 3.63) is 57.0 Å². The first-order valence-corrected chi connectivity index (χ1v) is 6.41. The number of hydrogen-bond acceptors (Lipinski definition) is 2. The maximum Gasteiger partial charge on any atom is 0.141 e. The molecule has 0 saturated heterocycles. The number of hydrogen-bond donors (Lipinski definition) is 0. The van der Waals surface area contributed by atoms with Gasteiger partial charge in [-0.25, -0.2) is 0 Å². The molecule has 2 nitrogen and oxygen atoms in total. The van der Waals surface area contributed by atoms with Gasteiger partial charge in [-0.3, -0.25) is 0 Å². The van der Waals surface area contributed by atoms with Crippen molar-refractivity contribution in [3.8, 4) is 17.6 Å². The van der Waals surface area contributed by atoms with Crippen LogP contribution in [0.2, 0.25) is 0 Å². The quantitative estimate of drug-likeness (QED) is 0.771. The van der Waals surface area contributed by atoms with Crippen LogP contribution in [0.25, 0.3) is 0 Å². The van der Waals surface area contributed by atoms with Crippen LogP contribution in [-0.2, 0) is 0 Å². The highest BCUT2D eigenvalue weighted by Gasteiger charge is 2.03. The molecule has 84 valence electrons. The van der Waals surface area contributed by atoms with E-state index < -0.39 is 0 Å². The van der Waals surface area contributed by atoms with Gasteiger partial charge in [-0.2, -0.15) is 5.26 Å². The third kappa shape index (κ3) is 3.09. The highest BCUT2D eigenvalue weighted by Crippen LogP contribution is 2.31. The minimum atomic E-state index is 0.618. The summed E-state index contributed by atoms with van der Waals surface area (Å²) < 4.78 is 7.54. The summed E-state index contributed by atoms with van der Waals surface area (Å²) in [6, 6.07) is 14.7. The molecule has 2 aromatic carbocycles. The molecule has 0 amide bonds. The zero-order valence-corrected chi connectivity index (χ0v) is 11.8. The smallest absolute Gasteiger partial charge is 0.141 e. The van der Waals surface area contributed by atoms with Crippen LogP contribution >= 0.6 is 31.9 Å². The molecule has 4 heteroatoms. The van der Waals surface area contributed by atoms with Crippen LogP contribution in [0.3, 0.4) is 0 Å². The Labute approximate surface area is 116 Å². The van der Waals surface area contributed by atoms with Crippen molar-refractivity contribution >= 4 is 31.9 Å². The Morgan fingerprint density at radius 3 is 2.29 bits per heavy atom. The third-order valence-corrected chi connectivity index (χ3v) is 3.22. The standard InChI is InChI=1S/C13H7Br2NO/c14-10-3-6-13(12(15)7-10)17-11-4-1-9(8-16)2-5-11/h1-7H. The molecule has 0 spiro atoms. The minimum Gasteiger partial charge on any atom is -0.456 e. The molecule has 0 heterocycles. The van der Waals surface area contributed by atoms with E-state index in [1.165, 1.54) is 0 Å². The summed E-state index contributed by atoms with van der Waals surface area (Å²) in [7, 11) is 0. The number of nitrogens with zero attached hydrogens (tertiary/aromatic N) is 1. The van der Waals surface area contributed by atoms with Crippen LogP contribution in [-0.4, -0.2) is 0 Å². The molecule has 0 aromatic heterocycles. The van der Waals surface area contributed by atoms with Crippen LogP contribution < -0.4 is 4.74 Å². The Kier molecular flexibility index (Phi) is 3.82. The van der Waals surface area contributed by atoms with Gasteiger partial charge in [0.25, 0.3) is 0 Å². The first-order chi connectivity index (χ1) is 8.19. The maximum atomic E-state index is 8.69. The van der Waals surface area contributed by atoms with Gasteiger partial charge in [0.15, 0.2) is 0 Å². The molecule has 2 rings (SSSR count). The summed E-state index contributed by atoms with van der Waals surface area (Å²) in [4.78, 5) is 0. The summed E-state index contributed by atoms with van der Waals surface area (Å²) in [6.45, 7) is 0. The largest absolute Gasteiger partial charge is 0.456 e. The normalized spacial score (nSPS) is 9.71. The molecule has 0 radical (unpaired) electrons. The second-order valence-corrected chi connectivity index (χ2v) is 5.08. The van der Waals surface area contributed by atoms with Gasteiger partial charge in [0, 0.05) is 4.47 Å². The molecule has 0 aliphatic carbocycles. The van der Waals surface area contributed by atoms with Crippen molar-refractivity contribution in [3.63, 3.8) is 0 Å². The van der Waals surface area contributed by atoms with Crippen molar-refractivity contribution in [2.24, 2.45) is 0 Å². The Morgan fingerprint density at radius 2 is 1.71 bits per heavy atom. The second kappa shape index (κ2) is 5.35. The number of nitriles is 1. The van der Waals surface area contributed by atoms with Crippen molar-refractivity contribution in [2.75, 3.05) is 0 Å². The molecular weight excluding hydrogens is 346 g/mol. The lowest BCUT2D eigenvalue weighted by Crippen LogP contribution is -1.85. The highest BCUT2D eigenvalue weighted by atomic mass is 79.9. The monoisotopic (exact) mass is 351 g/mol. The Morgan fingerprint density at radius 1 is 1.00 bits per heavy atom.